The van der Waals surface area contributed by atoms with Crippen molar-refractivity contribution in [1.82, 2.24) is 0 Å². The summed E-state index contributed by atoms with van der Waals surface area (Å²) >= 11 is 0. The highest BCUT2D eigenvalue weighted by Crippen LogP contribution is 1.81. The SMILES string of the molecule is CCOC(=O)/C=C/C(=O)C#N. The molecule has 58 valence electrons. The Kier molecular flexibility index (Phi) is 4.41. The minimum atomic E-state index is -0.766. The average Bonchev–Trinajstić information content (AvgIpc) is 2.01. The lowest BCUT2D eigenvalue weighted by atomic mass is 10.4. The van der Waals surface area contributed by atoms with Gasteiger partial charge in [0.05, 0.1) is 6.61 Å². The quantitative estimate of drug-likeness (QED) is 0.330. The zero-order chi connectivity index (χ0) is 8.69. The lowest BCUT2D eigenvalue weighted by Crippen LogP contribution is -2.00. The highest BCUT2D eigenvalue weighted by molar-refractivity contribution is 6.05. The number of allylic oxidation sites excluding steroid dienone is 1. The van der Waals surface area contributed by atoms with Crippen LogP contribution in [0.1, 0.15) is 6.92 Å². The molecular weight excluding hydrogens is 146 g/mol. The number of nitriles is 1. The van der Waals surface area contributed by atoms with Crippen molar-refractivity contribution in [2.24, 2.45) is 0 Å². The summed E-state index contributed by atoms with van der Waals surface area (Å²) in [7, 11) is 0. The second kappa shape index (κ2) is 5.18. The van der Waals surface area contributed by atoms with Gasteiger partial charge in [0, 0.05) is 12.2 Å². The van der Waals surface area contributed by atoms with Gasteiger partial charge in [0.15, 0.2) is 0 Å². The zero-order valence-corrected chi connectivity index (χ0v) is 6.03. The number of carbonyl (C=O) groups excluding carboxylic acids is 2. The average molecular weight is 153 g/mol. The number of ketones is 1. The van der Waals surface area contributed by atoms with Crippen LogP contribution in [0.4, 0.5) is 0 Å². The molecule has 0 amide bonds. The molecule has 0 atom stereocenters. The minimum Gasteiger partial charge on any atom is -0.463 e. The van der Waals surface area contributed by atoms with Gasteiger partial charge in [-0.2, -0.15) is 5.26 Å². The maximum Gasteiger partial charge on any atom is 0.330 e. The first-order valence-electron chi connectivity index (χ1n) is 2.99. The molecule has 0 radical (unpaired) electrons. The molecule has 4 heteroatoms. The molecule has 0 heterocycles. The lowest BCUT2D eigenvalue weighted by molar-refractivity contribution is -0.137. The topological polar surface area (TPSA) is 67.2 Å². The molecule has 0 N–H and O–H groups in total. The zero-order valence-electron chi connectivity index (χ0n) is 6.03. The van der Waals surface area contributed by atoms with Gasteiger partial charge in [0.1, 0.15) is 6.07 Å². The van der Waals surface area contributed by atoms with Crippen LogP contribution in [0, 0.1) is 11.3 Å². The predicted octanol–water partition coefficient (Wildman–Crippen LogP) is 0.198. The summed E-state index contributed by atoms with van der Waals surface area (Å²) in [4.78, 5) is 20.8. The van der Waals surface area contributed by atoms with Crippen molar-refractivity contribution >= 4 is 11.8 Å². The van der Waals surface area contributed by atoms with Gasteiger partial charge in [-0.1, -0.05) is 0 Å². The van der Waals surface area contributed by atoms with E-state index in [2.05, 4.69) is 4.74 Å². The predicted molar refractivity (Wildman–Crippen MR) is 36.4 cm³/mol. The first-order valence-corrected chi connectivity index (χ1v) is 2.99. The number of nitrogens with zero attached hydrogens (tertiary/aromatic N) is 1. The van der Waals surface area contributed by atoms with E-state index in [0.29, 0.717) is 0 Å². The molecule has 0 bridgehead atoms. The number of ether oxygens (including phenoxy) is 1. The Balaban J connectivity index is 3.85. The van der Waals surface area contributed by atoms with Crippen LogP contribution in [-0.4, -0.2) is 18.4 Å². The molecule has 0 aromatic carbocycles. The van der Waals surface area contributed by atoms with Crippen LogP contribution < -0.4 is 0 Å². The van der Waals surface area contributed by atoms with E-state index in [1.165, 1.54) is 6.07 Å². The monoisotopic (exact) mass is 153 g/mol. The molecule has 0 fully saturated rings. The van der Waals surface area contributed by atoms with E-state index in [1.54, 1.807) is 6.92 Å². The van der Waals surface area contributed by atoms with Gasteiger partial charge in [-0.05, 0) is 6.92 Å². The van der Waals surface area contributed by atoms with Crippen LogP contribution in [-0.2, 0) is 14.3 Å². The number of rotatable bonds is 3. The molecule has 0 aromatic rings. The molecule has 0 rings (SSSR count). The fourth-order valence-corrected chi connectivity index (χ4v) is 0.371. The van der Waals surface area contributed by atoms with Crippen LogP contribution in [0.3, 0.4) is 0 Å². The van der Waals surface area contributed by atoms with Crippen molar-refractivity contribution in [2.75, 3.05) is 6.61 Å². The van der Waals surface area contributed by atoms with Crippen molar-refractivity contribution in [3.05, 3.63) is 12.2 Å². The van der Waals surface area contributed by atoms with Crippen molar-refractivity contribution in [3.8, 4) is 6.07 Å². The van der Waals surface area contributed by atoms with Crippen LogP contribution in [0.2, 0.25) is 0 Å². The van der Waals surface area contributed by atoms with Crippen LogP contribution in [0.25, 0.3) is 0 Å². The number of carbonyl (C=O) groups is 2. The second-order valence-corrected chi connectivity index (χ2v) is 1.56. The van der Waals surface area contributed by atoms with E-state index >= 15 is 0 Å². The molecule has 0 unspecified atom stereocenters. The summed E-state index contributed by atoms with van der Waals surface area (Å²) in [5.41, 5.74) is 0. The molecule has 0 aliphatic rings. The minimum absolute atomic E-state index is 0.254. The van der Waals surface area contributed by atoms with Crippen molar-refractivity contribution in [2.45, 2.75) is 6.92 Å². The number of hydrogen-bond acceptors (Lipinski definition) is 4. The highest BCUT2D eigenvalue weighted by Gasteiger charge is 1.95. The first-order chi connectivity index (χ1) is 5.20. The maximum absolute atomic E-state index is 10.5. The third-order valence-electron chi connectivity index (χ3n) is 0.768. The largest absolute Gasteiger partial charge is 0.463 e. The molecule has 4 nitrogen and oxygen atoms in total. The van der Waals surface area contributed by atoms with E-state index in [1.807, 2.05) is 0 Å². The summed E-state index contributed by atoms with van der Waals surface area (Å²) in [6, 6.07) is 1.33. The van der Waals surface area contributed by atoms with Gasteiger partial charge in [0.2, 0.25) is 0 Å². The van der Waals surface area contributed by atoms with Gasteiger partial charge in [0.25, 0.3) is 5.78 Å². The molecule has 0 spiro atoms. The van der Waals surface area contributed by atoms with Gasteiger partial charge >= 0.3 is 5.97 Å². The fraction of sp³-hybridized carbons (Fsp3) is 0.286. The first kappa shape index (κ1) is 9.37. The normalized spacial score (nSPS) is 9.09. The van der Waals surface area contributed by atoms with Crippen molar-refractivity contribution < 1.29 is 14.3 Å². The van der Waals surface area contributed by atoms with Gasteiger partial charge < -0.3 is 4.74 Å². The second-order valence-electron chi connectivity index (χ2n) is 1.56. The Morgan fingerprint density at radius 1 is 1.55 bits per heavy atom. The summed E-state index contributed by atoms with van der Waals surface area (Å²) in [5.74, 6) is -1.38. The van der Waals surface area contributed by atoms with Crippen molar-refractivity contribution in [1.29, 1.82) is 5.26 Å². The molecule has 0 aromatic heterocycles. The van der Waals surface area contributed by atoms with E-state index in [-0.39, 0.29) is 6.61 Å². The number of esters is 1. The Morgan fingerprint density at radius 2 is 2.18 bits per heavy atom. The van der Waals surface area contributed by atoms with E-state index in [9.17, 15) is 9.59 Å². The van der Waals surface area contributed by atoms with E-state index < -0.39 is 11.8 Å². The number of hydrogen-bond donors (Lipinski definition) is 0. The van der Waals surface area contributed by atoms with E-state index in [4.69, 9.17) is 5.26 Å². The van der Waals surface area contributed by atoms with Crippen LogP contribution >= 0.6 is 0 Å². The molecule has 0 aliphatic heterocycles. The van der Waals surface area contributed by atoms with Crippen LogP contribution in [0.5, 0.6) is 0 Å². The Hall–Kier alpha value is -1.63. The van der Waals surface area contributed by atoms with Gasteiger partial charge in [-0.15, -0.1) is 0 Å². The van der Waals surface area contributed by atoms with Crippen LogP contribution in [0.15, 0.2) is 12.2 Å². The summed E-state index contributed by atoms with van der Waals surface area (Å²) in [5, 5.41) is 7.97. The Morgan fingerprint density at radius 3 is 2.64 bits per heavy atom. The molecular formula is C7H7NO3. The maximum atomic E-state index is 10.5. The molecule has 11 heavy (non-hydrogen) atoms. The van der Waals surface area contributed by atoms with Gasteiger partial charge in [-0.3, -0.25) is 4.79 Å². The summed E-state index contributed by atoms with van der Waals surface area (Å²) < 4.78 is 4.45. The highest BCUT2D eigenvalue weighted by atomic mass is 16.5. The molecule has 0 saturated heterocycles. The fourth-order valence-electron chi connectivity index (χ4n) is 0.371. The van der Waals surface area contributed by atoms with Crippen molar-refractivity contribution in [3.63, 3.8) is 0 Å². The smallest absolute Gasteiger partial charge is 0.330 e. The molecule has 0 saturated carbocycles. The third kappa shape index (κ3) is 4.85. The van der Waals surface area contributed by atoms with Gasteiger partial charge in [-0.25, -0.2) is 4.79 Å². The standard InChI is InChI=1S/C7H7NO3/c1-2-11-7(10)4-3-6(9)5-8/h3-4H,2H2,1H3/b4-3+. The lowest BCUT2D eigenvalue weighted by Gasteiger charge is -1.92. The third-order valence-corrected chi connectivity index (χ3v) is 0.768. The molecule has 0 aliphatic carbocycles. The van der Waals surface area contributed by atoms with E-state index in [0.717, 1.165) is 12.2 Å². The Labute approximate surface area is 64.1 Å². The summed E-state index contributed by atoms with van der Waals surface area (Å²) in [6.45, 7) is 1.90. The Bertz CT molecular complexity index is 224. The summed E-state index contributed by atoms with van der Waals surface area (Å²) in [6.07, 6.45) is 1.80.